The fourth-order valence-corrected chi connectivity index (χ4v) is 8.47. The van der Waals surface area contributed by atoms with E-state index in [0.717, 1.165) is 10.8 Å². The molecule has 0 aromatic carbocycles. The fraction of sp³-hybridized carbons (Fsp3) is 0.250. The van der Waals surface area contributed by atoms with Gasteiger partial charge in [-0.3, -0.25) is 0 Å². The molecule has 0 saturated heterocycles. The Morgan fingerprint density at radius 3 is 1.86 bits per heavy atom. The molecule has 0 nitrogen and oxygen atoms in total. The second-order valence-electron chi connectivity index (χ2n) is 7.49. The normalized spacial score (nSPS) is 14.3. The average molecular weight is 473 g/mol. The van der Waals surface area contributed by atoms with E-state index in [9.17, 15) is 0 Å². The summed E-state index contributed by atoms with van der Waals surface area (Å²) in [5, 5.41) is 0. The molecule has 0 fully saturated rings. The molecule has 0 bridgehead atoms. The highest BCUT2D eigenvalue weighted by molar-refractivity contribution is 7.26. The fourth-order valence-electron chi connectivity index (χ4n) is 4.16. The molecule has 0 amide bonds. The second-order valence-corrected chi connectivity index (χ2v) is 13.0. The highest BCUT2D eigenvalue weighted by atomic mass is 35.5. The van der Waals surface area contributed by atoms with Crippen LogP contribution in [0.5, 0.6) is 0 Å². The van der Waals surface area contributed by atoms with Crippen molar-refractivity contribution >= 4 is 68.1 Å². The van der Waals surface area contributed by atoms with Gasteiger partial charge in [0.05, 0.1) is 4.34 Å². The van der Waals surface area contributed by atoms with E-state index in [1.807, 2.05) is 34.0 Å². The van der Waals surface area contributed by atoms with Crippen molar-refractivity contribution < 1.29 is 0 Å². The molecule has 4 heterocycles. The quantitative estimate of drug-likeness (QED) is 0.277. The average Bonchev–Trinajstić information content (AvgIpc) is 3.45. The van der Waals surface area contributed by atoms with Crippen molar-refractivity contribution in [3.05, 3.63) is 66.5 Å². The Balaban J connectivity index is 1.53. The zero-order valence-corrected chi connectivity index (χ0v) is 20.6. The van der Waals surface area contributed by atoms with Crippen molar-refractivity contribution in [1.29, 1.82) is 0 Å². The Bertz CT molecular complexity index is 1230. The maximum absolute atomic E-state index is 6.31. The monoisotopic (exact) mass is 472 g/mol. The zero-order valence-electron chi connectivity index (χ0n) is 16.6. The molecule has 1 aliphatic rings. The first kappa shape index (κ1) is 19.8. The van der Waals surface area contributed by atoms with Crippen molar-refractivity contribution in [3.8, 4) is 19.5 Å². The molecule has 0 aliphatic heterocycles. The van der Waals surface area contributed by atoms with Gasteiger partial charge in [-0.1, -0.05) is 11.6 Å². The predicted octanol–water partition coefficient (Wildman–Crippen LogP) is 9.94. The Kier molecular flexibility index (Phi) is 5.34. The van der Waals surface area contributed by atoms with Crippen LogP contribution in [0.15, 0.2) is 36.4 Å². The Morgan fingerprint density at radius 2 is 1.24 bits per heavy atom. The van der Waals surface area contributed by atoms with Crippen LogP contribution in [0, 0.1) is 20.8 Å². The van der Waals surface area contributed by atoms with E-state index in [-0.39, 0.29) is 0 Å². The van der Waals surface area contributed by atoms with Gasteiger partial charge in [0.25, 0.3) is 0 Å². The maximum Gasteiger partial charge on any atom is 0.0937 e. The summed E-state index contributed by atoms with van der Waals surface area (Å²) in [5.74, 6) is 0. The summed E-state index contributed by atoms with van der Waals surface area (Å²) in [6, 6.07) is 13.6. The van der Waals surface area contributed by atoms with Crippen LogP contribution < -0.4 is 0 Å². The third kappa shape index (κ3) is 3.70. The van der Waals surface area contributed by atoms with E-state index in [2.05, 4.69) is 57.2 Å². The molecule has 0 atom stereocenters. The Labute approximate surface area is 193 Å². The first-order chi connectivity index (χ1) is 14.0. The van der Waals surface area contributed by atoms with Crippen LogP contribution in [-0.2, 0) is 0 Å². The van der Waals surface area contributed by atoms with Gasteiger partial charge in [-0.15, -0.1) is 45.3 Å². The van der Waals surface area contributed by atoms with E-state index in [1.54, 1.807) is 11.3 Å². The van der Waals surface area contributed by atoms with Crippen molar-refractivity contribution in [2.75, 3.05) is 0 Å². The molecule has 5 heteroatoms. The summed E-state index contributed by atoms with van der Waals surface area (Å²) in [5.41, 5.74) is 5.86. The summed E-state index contributed by atoms with van der Waals surface area (Å²) in [7, 11) is 0. The Hall–Kier alpha value is -1.17. The minimum absolute atomic E-state index is 0.897. The topological polar surface area (TPSA) is 0 Å². The molecule has 4 aromatic heterocycles. The van der Waals surface area contributed by atoms with Crippen molar-refractivity contribution in [2.24, 2.45) is 0 Å². The zero-order chi connectivity index (χ0) is 20.1. The van der Waals surface area contributed by atoms with Crippen LogP contribution in [0.1, 0.15) is 45.0 Å². The molecule has 0 N–H and O–H groups in total. The van der Waals surface area contributed by atoms with E-state index in [4.69, 9.17) is 11.6 Å². The Morgan fingerprint density at radius 1 is 0.655 bits per heavy atom. The maximum atomic E-state index is 6.31. The molecule has 29 heavy (non-hydrogen) atoms. The lowest BCUT2D eigenvalue weighted by Gasteiger charge is -2.07. The van der Waals surface area contributed by atoms with Gasteiger partial charge >= 0.3 is 0 Å². The standard InChI is InChI=1S/C24H21ClS4/c1-13-7-8-20(26-13)21-9-10-22(29-21)23-11-18(14(2)27-23)16-5-4-6-17(16)19-12-24(25)28-15(19)3/h7-12H,4-6H2,1-3H3. The summed E-state index contributed by atoms with van der Waals surface area (Å²) >= 11 is 13.7. The van der Waals surface area contributed by atoms with E-state index in [1.165, 1.54) is 69.3 Å². The van der Waals surface area contributed by atoms with Crippen LogP contribution in [0.2, 0.25) is 4.34 Å². The van der Waals surface area contributed by atoms with Gasteiger partial charge in [0.1, 0.15) is 0 Å². The van der Waals surface area contributed by atoms with Gasteiger partial charge in [0, 0.05) is 34.1 Å². The SMILES string of the molecule is Cc1ccc(-c2ccc(-c3cc(C4=C(c5cc(Cl)sc5C)CCC4)c(C)s3)s2)s1. The van der Waals surface area contributed by atoms with Gasteiger partial charge in [-0.2, -0.15) is 0 Å². The lowest BCUT2D eigenvalue weighted by Crippen LogP contribution is -1.86. The summed E-state index contributed by atoms with van der Waals surface area (Å²) < 4.78 is 0.897. The van der Waals surface area contributed by atoms with Crippen LogP contribution in [0.3, 0.4) is 0 Å². The third-order valence-electron chi connectivity index (χ3n) is 5.51. The predicted molar refractivity (Wildman–Crippen MR) is 135 cm³/mol. The summed E-state index contributed by atoms with van der Waals surface area (Å²) in [6.45, 7) is 6.64. The van der Waals surface area contributed by atoms with Gasteiger partial charge in [-0.05, 0) is 98.7 Å². The number of aryl methyl sites for hydroxylation is 3. The molecule has 1 aliphatic carbocycles. The lowest BCUT2D eigenvalue weighted by molar-refractivity contribution is 0.941. The molecule has 4 aromatic rings. The van der Waals surface area contributed by atoms with Gasteiger partial charge < -0.3 is 0 Å². The van der Waals surface area contributed by atoms with Crippen molar-refractivity contribution in [3.63, 3.8) is 0 Å². The van der Waals surface area contributed by atoms with Gasteiger partial charge in [0.2, 0.25) is 0 Å². The number of hydrogen-bond donors (Lipinski definition) is 0. The first-order valence-electron chi connectivity index (χ1n) is 9.76. The largest absolute Gasteiger partial charge is 0.140 e. The van der Waals surface area contributed by atoms with E-state index < -0.39 is 0 Å². The molecule has 0 radical (unpaired) electrons. The van der Waals surface area contributed by atoms with Crippen LogP contribution in [0.25, 0.3) is 30.7 Å². The van der Waals surface area contributed by atoms with Crippen LogP contribution in [-0.4, -0.2) is 0 Å². The van der Waals surface area contributed by atoms with Gasteiger partial charge in [-0.25, -0.2) is 0 Å². The summed E-state index contributed by atoms with van der Waals surface area (Å²) in [6.07, 6.45) is 3.57. The van der Waals surface area contributed by atoms with Gasteiger partial charge in [0.15, 0.2) is 0 Å². The van der Waals surface area contributed by atoms with Crippen molar-refractivity contribution in [2.45, 2.75) is 40.0 Å². The van der Waals surface area contributed by atoms with Crippen LogP contribution >= 0.6 is 56.9 Å². The third-order valence-corrected chi connectivity index (χ3v) is 10.2. The molecule has 0 unspecified atom stereocenters. The molecule has 5 rings (SSSR count). The molecule has 0 saturated carbocycles. The minimum atomic E-state index is 0.897. The number of halogens is 1. The first-order valence-corrected chi connectivity index (χ1v) is 13.4. The van der Waals surface area contributed by atoms with Crippen molar-refractivity contribution in [1.82, 2.24) is 0 Å². The summed E-state index contributed by atoms with van der Waals surface area (Å²) in [4.78, 5) is 9.64. The molecular formula is C24H21ClS4. The highest BCUT2D eigenvalue weighted by Crippen LogP contribution is 2.48. The van der Waals surface area contributed by atoms with E-state index in [0.29, 0.717) is 0 Å². The minimum Gasteiger partial charge on any atom is -0.140 e. The number of allylic oxidation sites excluding steroid dienone is 2. The second kappa shape index (κ2) is 7.82. The molecule has 148 valence electrons. The van der Waals surface area contributed by atoms with Crippen LogP contribution in [0.4, 0.5) is 0 Å². The number of hydrogen-bond acceptors (Lipinski definition) is 4. The number of rotatable bonds is 4. The lowest BCUT2D eigenvalue weighted by atomic mass is 9.98. The number of thiophene rings is 4. The molecule has 0 spiro atoms. The van der Waals surface area contributed by atoms with E-state index >= 15 is 0 Å². The smallest absolute Gasteiger partial charge is 0.0937 e. The molecular weight excluding hydrogens is 452 g/mol. The highest BCUT2D eigenvalue weighted by Gasteiger charge is 2.23.